The Morgan fingerprint density at radius 3 is 2.63 bits per heavy atom. The van der Waals surface area contributed by atoms with Crippen molar-refractivity contribution < 1.29 is 14.6 Å². The summed E-state index contributed by atoms with van der Waals surface area (Å²) in [4.78, 5) is 15.2. The molecule has 1 N–H and O–H groups in total. The molecule has 0 radical (unpaired) electrons. The molecule has 1 unspecified atom stereocenters. The second-order valence-electron chi connectivity index (χ2n) is 4.30. The molecule has 98 valence electrons. The number of hydrogen-bond acceptors (Lipinski definition) is 3. The second kappa shape index (κ2) is 6.00. The first-order valence-corrected chi connectivity index (χ1v) is 5.99. The summed E-state index contributed by atoms with van der Waals surface area (Å²) < 4.78 is 5.47. The standard InChI is InChI=1S/C15H15NO3/c1-11-4-6-12(7-5-11)14(15(17)18)10-19-13-3-2-8-16-9-13/h2-9,14H,10H2,1H3,(H,17,18). The third-order valence-electron chi connectivity index (χ3n) is 2.83. The van der Waals surface area contributed by atoms with Gasteiger partial charge >= 0.3 is 5.97 Å². The zero-order valence-electron chi connectivity index (χ0n) is 10.6. The number of pyridine rings is 1. The Morgan fingerprint density at radius 2 is 2.05 bits per heavy atom. The molecule has 2 rings (SSSR count). The van der Waals surface area contributed by atoms with Gasteiger partial charge in [-0.2, -0.15) is 0 Å². The summed E-state index contributed by atoms with van der Waals surface area (Å²) in [6, 6.07) is 10.9. The van der Waals surface area contributed by atoms with Crippen LogP contribution in [0.1, 0.15) is 17.0 Å². The Hall–Kier alpha value is -2.36. The van der Waals surface area contributed by atoms with Gasteiger partial charge in [0.1, 0.15) is 18.3 Å². The van der Waals surface area contributed by atoms with Crippen molar-refractivity contribution in [2.45, 2.75) is 12.8 Å². The maximum Gasteiger partial charge on any atom is 0.314 e. The number of aromatic nitrogens is 1. The van der Waals surface area contributed by atoms with Gasteiger partial charge in [0.25, 0.3) is 0 Å². The highest BCUT2D eigenvalue weighted by molar-refractivity contribution is 5.76. The zero-order chi connectivity index (χ0) is 13.7. The summed E-state index contributed by atoms with van der Waals surface area (Å²) in [6.07, 6.45) is 3.20. The molecule has 4 heteroatoms. The van der Waals surface area contributed by atoms with Gasteiger partial charge in [-0.1, -0.05) is 29.8 Å². The summed E-state index contributed by atoms with van der Waals surface area (Å²) in [7, 11) is 0. The van der Waals surface area contributed by atoms with Crippen LogP contribution in [-0.4, -0.2) is 22.7 Å². The van der Waals surface area contributed by atoms with E-state index in [4.69, 9.17) is 4.74 Å². The molecule has 0 bridgehead atoms. The van der Waals surface area contributed by atoms with Gasteiger partial charge in [0.15, 0.2) is 0 Å². The molecule has 1 heterocycles. The Balaban J connectivity index is 2.09. The van der Waals surface area contributed by atoms with Crippen LogP contribution in [0.15, 0.2) is 48.8 Å². The van der Waals surface area contributed by atoms with Crippen LogP contribution >= 0.6 is 0 Å². The second-order valence-corrected chi connectivity index (χ2v) is 4.30. The first kappa shape index (κ1) is 13.1. The number of aliphatic carboxylic acids is 1. The van der Waals surface area contributed by atoms with Gasteiger partial charge in [0, 0.05) is 6.20 Å². The highest BCUT2D eigenvalue weighted by Gasteiger charge is 2.20. The van der Waals surface area contributed by atoms with Gasteiger partial charge in [-0.15, -0.1) is 0 Å². The van der Waals surface area contributed by atoms with Crippen molar-refractivity contribution in [1.29, 1.82) is 0 Å². The van der Waals surface area contributed by atoms with Crippen LogP contribution in [0, 0.1) is 6.92 Å². The van der Waals surface area contributed by atoms with E-state index in [0.717, 1.165) is 11.1 Å². The predicted octanol–water partition coefficient (Wildman–Crippen LogP) is 2.64. The Labute approximate surface area is 111 Å². The van der Waals surface area contributed by atoms with E-state index in [0.29, 0.717) is 5.75 Å². The molecule has 0 aliphatic carbocycles. The van der Waals surface area contributed by atoms with E-state index in [1.165, 1.54) is 0 Å². The van der Waals surface area contributed by atoms with Gasteiger partial charge < -0.3 is 9.84 Å². The van der Waals surface area contributed by atoms with E-state index in [9.17, 15) is 9.90 Å². The van der Waals surface area contributed by atoms with E-state index in [1.807, 2.05) is 31.2 Å². The number of carboxylic acids is 1. The third-order valence-corrected chi connectivity index (χ3v) is 2.83. The number of aryl methyl sites for hydroxylation is 1. The van der Waals surface area contributed by atoms with Crippen molar-refractivity contribution in [3.63, 3.8) is 0 Å². The molecule has 0 spiro atoms. The fourth-order valence-corrected chi connectivity index (χ4v) is 1.72. The molecule has 1 aromatic carbocycles. The van der Waals surface area contributed by atoms with E-state index >= 15 is 0 Å². The van der Waals surface area contributed by atoms with Crippen LogP contribution in [0.3, 0.4) is 0 Å². The van der Waals surface area contributed by atoms with E-state index in [-0.39, 0.29) is 6.61 Å². The van der Waals surface area contributed by atoms with E-state index in [2.05, 4.69) is 4.98 Å². The van der Waals surface area contributed by atoms with E-state index < -0.39 is 11.9 Å². The van der Waals surface area contributed by atoms with Gasteiger partial charge in [0.05, 0.1) is 6.20 Å². The van der Waals surface area contributed by atoms with Crippen molar-refractivity contribution in [1.82, 2.24) is 4.98 Å². The van der Waals surface area contributed by atoms with Gasteiger partial charge in [-0.05, 0) is 24.6 Å². The monoisotopic (exact) mass is 257 g/mol. The summed E-state index contributed by atoms with van der Waals surface area (Å²) >= 11 is 0. The molecule has 0 aliphatic rings. The lowest BCUT2D eigenvalue weighted by atomic mass is 9.99. The largest absolute Gasteiger partial charge is 0.491 e. The summed E-state index contributed by atoms with van der Waals surface area (Å²) in [5.74, 6) is -1.01. The normalized spacial score (nSPS) is 11.8. The maximum absolute atomic E-state index is 11.3. The fourth-order valence-electron chi connectivity index (χ4n) is 1.72. The number of nitrogens with zero attached hydrogens (tertiary/aromatic N) is 1. The van der Waals surface area contributed by atoms with Crippen LogP contribution in [0.2, 0.25) is 0 Å². The van der Waals surface area contributed by atoms with Crippen molar-refractivity contribution in [3.8, 4) is 5.75 Å². The minimum absolute atomic E-state index is 0.0874. The molecule has 0 aliphatic heterocycles. The van der Waals surface area contributed by atoms with Crippen LogP contribution in [-0.2, 0) is 4.79 Å². The molecular weight excluding hydrogens is 242 g/mol. The van der Waals surface area contributed by atoms with Crippen LogP contribution < -0.4 is 4.74 Å². The Kier molecular flexibility index (Phi) is 4.13. The lowest BCUT2D eigenvalue weighted by molar-refractivity contribution is -0.139. The van der Waals surface area contributed by atoms with E-state index in [1.54, 1.807) is 24.5 Å². The minimum atomic E-state index is -0.896. The number of benzene rings is 1. The lowest BCUT2D eigenvalue weighted by Crippen LogP contribution is -2.19. The third kappa shape index (κ3) is 3.55. The molecule has 0 amide bonds. The summed E-state index contributed by atoms with van der Waals surface area (Å²) in [5.41, 5.74) is 1.84. The summed E-state index contributed by atoms with van der Waals surface area (Å²) in [6.45, 7) is 2.05. The van der Waals surface area contributed by atoms with Crippen molar-refractivity contribution in [2.24, 2.45) is 0 Å². The number of carbonyl (C=O) groups is 1. The topological polar surface area (TPSA) is 59.4 Å². The molecule has 0 saturated heterocycles. The van der Waals surface area contributed by atoms with Crippen molar-refractivity contribution in [3.05, 3.63) is 59.9 Å². The first-order chi connectivity index (χ1) is 9.16. The molecule has 19 heavy (non-hydrogen) atoms. The van der Waals surface area contributed by atoms with Crippen LogP contribution in [0.5, 0.6) is 5.75 Å². The Bertz CT molecular complexity index is 537. The maximum atomic E-state index is 11.3. The highest BCUT2D eigenvalue weighted by atomic mass is 16.5. The van der Waals surface area contributed by atoms with Gasteiger partial charge in [-0.25, -0.2) is 0 Å². The molecule has 4 nitrogen and oxygen atoms in total. The Morgan fingerprint density at radius 1 is 1.32 bits per heavy atom. The average Bonchev–Trinajstić information content (AvgIpc) is 2.42. The smallest absolute Gasteiger partial charge is 0.314 e. The SMILES string of the molecule is Cc1ccc(C(COc2cccnc2)C(=O)O)cc1. The number of ether oxygens (including phenoxy) is 1. The van der Waals surface area contributed by atoms with Crippen molar-refractivity contribution >= 4 is 5.97 Å². The lowest BCUT2D eigenvalue weighted by Gasteiger charge is -2.14. The van der Waals surface area contributed by atoms with Crippen LogP contribution in [0.4, 0.5) is 0 Å². The highest BCUT2D eigenvalue weighted by Crippen LogP contribution is 2.19. The molecule has 0 saturated carbocycles. The van der Waals surface area contributed by atoms with Gasteiger partial charge in [-0.3, -0.25) is 9.78 Å². The molecule has 1 atom stereocenters. The van der Waals surface area contributed by atoms with Crippen molar-refractivity contribution in [2.75, 3.05) is 6.61 Å². The quantitative estimate of drug-likeness (QED) is 0.894. The van der Waals surface area contributed by atoms with Crippen LogP contribution in [0.25, 0.3) is 0 Å². The molecule has 0 fully saturated rings. The molecule has 1 aromatic heterocycles. The predicted molar refractivity (Wildman–Crippen MR) is 71.3 cm³/mol. The number of carboxylic acid groups (broad SMARTS) is 1. The average molecular weight is 257 g/mol. The first-order valence-electron chi connectivity index (χ1n) is 5.99. The molecule has 2 aromatic rings. The van der Waals surface area contributed by atoms with Gasteiger partial charge in [0.2, 0.25) is 0 Å². The minimum Gasteiger partial charge on any atom is -0.491 e. The zero-order valence-corrected chi connectivity index (χ0v) is 10.6. The fraction of sp³-hybridized carbons (Fsp3) is 0.200. The molecular formula is C15H15NO3. The number of hydrogen-bond donors (Lipinski definition) is 1. The number of rotatable bonds is 5. The summed E-state index contributed by atoms with van der Waals surface area (Å²) in [5, 5.41) is 9.28.